The lowest BCUT2D eigenvalue weighted by Gasteiger charge is -2.33. The number of nitrogens with zero attached hydrogens (tertiary/aromatic N) is 2. The highest BCUT2D eigenvalue weighted by atomic mass is 16.5. The number of imidazole rings is 1. The zero-order valence-electron chi connectivity index (χ0n) is 14.9. The lowest BCUT2D eigenvalue weighted by molar-refractivity contribution is 0.00359. The van der Waals surface area contributed by atoms with Gasteiger partial charge in [-0.05, 0) is 43.3 Å². The number of carbonyl (C=O) groups is 2. The molecule has 1 aromatic heterocycles. The summed E-state index contributed by atoms with van der Waals surface area (Å²) < 4.78 is 5.39. The summed E-state index contributed by atoms with van der Waals surface area (Å²) in [6, 6.07) is 12.3. The number of ether oxygens (including phenoxy) is 1. The first-order valence-electron chi connectivity index (χ1n) is 8.85. The third-order valence-corrected chi connectivity index (χ3v) is 4.68. The molecule has 4 rings (SSSR count). The van der Waals surface area contributed by atoms with Gasteiger partial charge in [0.15, 0.2) is 0 Å². The Balaban J connectivity index is 1.51. The number of rotatable bonds is 3. The Kier molecular flexibility index (Phi) is 4.60. The molecule has 1 fully saturated rings. The molecule has 2 amide bonds. The Morgan fingerprint density at radius 2 is 2.11 bits per heavy atom. The van der Waals surface area contributed by atoms with Gasteiger partial charge in [0, 0.05) is 23.4 Å². The number of anilines is 1. The molecular weight excluding hydrogens is 344 g/mol. The highest BCUT2D eigenvalue weighted by Crippen LogP contribution is 2.18. The van der Waals surface area contributed by atoms with Crippen LogP contribution in [0.3, 0.4) is 0 Å². The van der Waals surface area contributed by atoms with Gasteiger partial charge in [-0.3, -0.25) is 9.59 Å². The van der Waals surface area contributed by atoms with Crippen LogP contribution >= 0.6 is 0 Å². The molecule has 7 heteroatoms. The molecular formula is C20H20N4O3. The van der Waals surface area contributed by atoms with E-state index in [1.54, 1.807) is 53.7 Å². The number of aromatic amines is 1. The zero-order valence-corrected chi connectivity index (χ0v) is 14.9. The number of fused-ring (bicyclic) bond motifs is 1. The lowest BCUT2D eigenvalue weighted by atomic mass is 10.1. The van der Waals surface area contributed by atoms with Crippen LogP contribution in [0.2, 0.25) is 0 Å². The maximum absolute atomic E-state index is 12.8. The third-order valence-electron chi connectivity index (χ3n) is 4.68. The number of amides is 2. The van der Waals surface area contributed by atoms with Crippen LogP contribution in [0.4, 0.5) is 5.69 Å². The summed E-state index contributed by atoms with van der Waals surface area (Å²) in [5.74, 6) is -0.295. The minimum atomic E-state index is -0.240. The molecule has 1 saturated heterocycles. The molecule has 7 nitrogen and oxygen atoms in total. The van der Waals surface area contributed by atoms with Crippen LogP contribution in [-0.2, 0) is 4.74 Å². The number of H-pyrrole nitrogens is 1. The van der Waals surface area contributed by atoms with Crippen molar-refractivity contribution in [3.05, 3.63) is 59.9 Å². The summed E-state index contributed by atoms with van der Waals surface area (Å²) in [7, 11) is 0. The molecule has 0 spiro atoms. The van der Waals surface area contributed by atoms with Crippen molar-refractivity contribution in [1.29, 1.82) is 0 Å². The second-order valence-corrected chi connectivity index (χ2v) is 6.59. The van der Waals surface area contributed by atoms with E-state index in [9.17, 15) is 9.59 Å². The number of nitrogens with one attached hydrogen (secondary N) is 2. The molecule has 0 saturated carbocycles. The second kappa shape index (κ2) is 7.20. The summed E-state index contributed by atoms with van der Waals surface area (Å²) in [6.45, 7) is 3.62. The van der Waals surface area contributed by atoms with E-state index in [0.29, 0.717) is 36.6 Å². The third kappa shape index (κ3) is 3.54. The van der Waals surface area contributed by atoms with Crippen molar-refractivity contribution in [2.24, 2.45) is 0 Å². The molecule has 1 aliphatic rings. The first-order valence-corrected chi connectivity index (χ1v) is 8.85. The molecule has 2 heterocycles. The van der Waals surface area contributed by atoms with Gasteiger partial charge in [-0.1, -0.05) is 6.07 Å². The molecule has 1 unspecified atom stereocenters. The summed E-state index contributed by atoms with van der Waals surface area (Å²) >= 11 is 0. The first kappa shape index (κ1) is 17.2. The largest absolute Gasteiger partial charge is 0.377 e. The van der Waals surface area contributed by atoms with Crippen molar-refractivity contribution in [2.45, 2.75) is 13.0 Å². The van der Waals surface area contributed by atoms with E-state index in [4.69, 9.17) is 4.74 Å². The Labute approximate surface area is 156 Å². The van der Waals surface area contributed by atoms with Gasteiger partial charge in [0.2, 0.25) is 0 Å². The van der Waals surface area contributed by atoms with E-state index in [1.165, 1.54) is 0 Å². The fourth-order valence-corrected chi connectivity index (χ4v) is 3.20. The molecule has 0 bridgehead atoms. The second-order valence-electron chi connectivity index (χ2n) is 6.59. The van der Waals surface area contributed by atoms with E-state index in [2.05, 4.69) is 15.3 Å². The summed E-state index contributed by atoms with van der Waals surface area (Å²) in [6.07, 6.45) is 1.59. The van der Waals surface area contributed by atoms with E-state index >= 15 is 0 Å². The molecule has 1 aliphatic heterocycles. The van der Waals surface area contributed by atoms with Gasteiger partial charge in [-0.15, -0.1) is 0 Å². The monoisotopic (exact) mass is 364 g/mol. The maximum atomic E-state index is 12.8. The van der Waals surface area contributed by atoms with Gasteiger partial charge in [0.25, 0.3) is 11.8 Å². The van der Waals surface area contributed by atoms with Crippen LogP contribution in [-0.4, -0.2) is 52.5 Å². The number of morpholine rings is 1. The molecule has 1 atom stereocenters. The number of hydrogen-bond donors (Lipinski definition) is 2. The fourth-order valence-electron chi connectivity index (χ4n) is 3.20. The minimum absolute atomic E-state index is 0.0330. The van der Waals surface area contributed by atoms with Crippen molar-refractivity contribution < 1.29 is 14.3 Å². The number of carbonyl (C=O) groups excluding carboxylic acids is 2. The Morgan fingerprint density at radius 1 is 1.22 bits per heavy atom. The average Bonchev–Trinajstić information content (AvgIpc) is 3.16. The Hall–Kier alpha value is -3.19. The molecule has 3 aromatic rings. The van der Waals surface area contributed by atoms with Crippen LogP contribution in [0, 0.1) is 0 Å². The average molecular weight is 364 g/mol. The predicted octanol–water partition coefficient (Wildman–Crippen LogP) is 2.68. The van der Waals surface area contributed by atoms with Crippen LogP contribution in [0.15, 0.2) is 48.8 Å². The lowest BCUT2D eigenvalue weighted by Crippen LogP contribution is -2.47. The topological polar surface area (TPSA) is 87.3 Å². The maximum Gasteiger partial charge on any atom is 0.255 e. The fraction of sp³-hybridized carbons (Fsp3) is 0.250. The van der Waals surface area contributed by atoms with Crippen molar-refractivity contribution in [3.8, 4) is 0 Å². The zero-order chi connectivity index (χ0) is 18.8. The molecule has 2 N–H and O–H groups in total. The normalized spacial score (nSPS) is 17.1. The highest BCUT2D eigenvalue weighted by molar-refractivity contribution is 6.06. The predicted molar refractivity (Wildman–Crippen MR) is 102 cm³/mol. The summed E-state index contributed by atoms with van der Waals surface area (Å²) in [4.78, 5) is 34.3. The first-order chi connectivity index (χ1) is 13.1. The highest BCUT2D eigenvalue weighted by Gasteiger charge is 2.24. The van der Waals surface area contributed by atoms with E-state index in [0.717, 1.165) is 11.0 Å². The summed E-state index contributed by atoms with van der Waals surface area (Å²) in [5, 5.41) is 2.86. The molecule has 27 heavy (non-hydrogen) atoms. The van der Waals surface area contributed by atoms with Gasteiger partial charge >= 0.3 is 0 Å². The number of hydrogen-bond acceptors (Lipinski definition) is 4. The molecule has 2 aromatic carbocycles. The van der Waals surface area contributed by atoms with Gasteiger partial charge in [-0.2, -0.15) is 0 Å². The molecule has 0 radical (unpaired) electrons. The van der Waals surface area contributed by atoms with Crippen LogP contribution in [0.1, 0.15) is 27.6 Å². The van der Waals surface area contributed by atoms with Crippen molar-refractivity contribution in [3.63, 3.8) is 0 Å². The quantitative estimate of drug-likeness (QED) is 0.748. The standard InChI is InChI=1S/C20H20N4O3/c1-13-11-27-8-7-24(13)20(26)15-3-2-4-16(9-15)23-19(25)14-5-6-17-18(10-14)22-12-21-17/h2-6,9-10,12-13H,7-8,11H2,1H3,(H,21,22)(H,23,25). The number of benzene rings is 2. The number of aromatic nitrogens is 2. The van der Waals surface area contributed by atoms with E-state index in [-0.39, 0.29) is 17.9 Å². The van der Waals surface area contributed by atoms with Crippen molar-refractivity contribution in [2.75, 3.05) is 25.1 Å². The van der Waals surface area contributed by atoms with Crippen LogP contribution in [0.25, 0.3) is 11.0 Å². The minimum Gasteiger partial charge on any atom is -0.377 e. The Morgan fingerprint density at radius 3 is 2.96 bits per heavy atom. The van der Waals surface area contributed by atoms with Crippen molar-refractivity contribution in [1.82, 2.24) is 14.9 Å². The van der Waals surface area contributed by atoms with Gasteiger partial charge in [-0.25, -0.2) is 4.98 Å². The molecule has 138 valence electrons. The van der Waals surface area contributed by atoms with E-state index in [1.807, 2.05) is 6.92 Å². The summed E-state index contributed by atoms with van der Waals surface area (Å²) in [5.41, 5.74) is 3.25. The van der Waals surface area contributed by atoms with Crippen LogP contribution < -0.4 is 5.32 Å². The van der Waals surface area contributed by atoms with Crippen molar-refractivity contribution >= 4 is 28.5 Å². The van der Waals surface area contributed by atoms with Gasteiger partial charge < -0.3 is 19.9 Å². The van der Waals surface area contributed by atoms with Crippen LogP contribution in [0.5, 0.6) is 0 Å². The molecule has 0 aliphatic carbocycles. The Bertz CT molecular complexity index is 998. The SMILES string of the molecule is CC1COCCN1C(=O)c1cccc(NC(=O)c2ccc3nc[nH]c3c2)c1. The van der Waals surface area contributed by atoms with Gasteiger partial charge in [0.1, 0.15) is 0 Å². The smallest absolute Gasteiger partial charge is 0.255 e. The van der Waals surface area contributed by atoms with Gasteiger partial charge in [0.05, 0.1) is 36.6 Å². The van der Waals surface area contributed by atoms with E-state index < -0.39 is 0 Å².